The number of carbonyl (C=O) groups is 1. The van der Waals surface area contributed by atoms with Crippen LogP contribution in [0.15, 0.2) is 0 Å². The summed E-state index contributed by atoms with van der Waals surface area (Å²) in [6, 6.07) is 0. The predicted molar refractivity (Wildman–Crippen MR) is 30.7 cm³/mol. The van der Waals surface area contributed by atoms with Crippen LogP contribution >= 0.6 is 0 Å². The van der Waals surface area contributed by atoms with Crippen molar-refractivity contribution in [1.82, 2.24) is 0 Å². The maximum Gasteiger partial charge on any atom is 2.00 e. The Balaban J connectivity index is -0.00000000533. The van der Waals surface area contributed by atoms with Crippen molar-refractivity contribution in [3.63, 3.8) is 0 Å². The van der Waals surface area contributed by atoms with Gasteiger partial charge in [-0.05, 0) is 0 Å². The van der Waals surface area contributed by atoms with Gasteiger partial charge in [0.1, 0.15) is 6.61 Å². The van der Waals surface area contributed by atoms with E-state index in [9.17, 15) is 0 Å². The molecule has 0 aromatic heterocycles. The number of aliphatic hydroxyl groups is 1. The van der Waals surface area contributed by atoms with E-state index in [1.165, 1.54) is 0 Å². The van der Waals surface area contributed by atoms with E-state index in [0.29, 0.717) is 0 Å². The number of hydrogen-bond acceptors (Lipinski definition) is 2. The summed E-state index contributed by atoms with van der Waals surface area (Å²) in [7, 11) is 0. The number of carboxylic acid groups (broad SMARTS) is 1. The van der Waals surface area contributed by atoms with Gasteiger partial charge in [0.2, 0.25) is 0 Å². The summed E-state index contributed by atoms with van der Waals surface area (Å²) < 4.78 is 0. The predicted octanol–water partition coefficient (Wildman–Crippen LogP) is -1.25. The standard InChI is InChI=1S/C2H4O3.2Ca.4H/c3-1-2(4)5;;;;;;/h3H,1H2,(H,4,5);;;;;;/q;2*+2;4*-1. The normalized spacial score (nSPS) is 5.29. The number of hydrogen-bond donors (Lipinski definition) is 2. The molecule has 0 unspecified atom stereocenters. The number of aliphatic hydroxyl groups excluding tert-OH is 1. The van der Waals surface area contributed by atoms with Gasteiger partial charge in [0, 0.05) is 0 Å². The fraction of sp³-hybridized carbons (Fsp3) is 0.500. The summed E-state index contributed by atoms with van der Waals surface area (Å²) >= 11 is 0. The zero-order chi connectivity index (χ0) is 4.28. The van der Waals surface area contributed by atoms with Gasteiger partial charge < -0.3 is 15.9 Å². The largest absolute Gasteiger partial charge is 2.00 e. The molecule has 38 valence electrons. The molecule has 0 rings (SSSR count). The first kappa shape index (κ1) is 16.0. The van der Waals surface area contributed by atoms with Crippen LogP contribution in [0, 0.1) is 0 Å². The first-order chi connectivity index (χ1) is 2.27. The molecule has 0 fully saturated rings. The van der Waals surface area contributed by atoms with Crippen molar-refractivity contribution in [3.8, 4) is 0 Å². The summed E-state index contributed by atoms with van der Waals surface area (Å²) in [6.07, 6.45) is 0. The molecule has 0 atom stereocenters. The van der Waals surface area contributed by atoms with Gasteiger partial charge in [-0.15, -0.1) is 0 Å². The maximum absolute atomic E-state index is 9.12. The van der Waals surface area contributed by atoms with E-state index < -0.39 is 12.6 Å². The second-order valence-electron chi connectivity index (χ2n) is 0.552. The fourth-order valence-electron chi connectivity index (χ4n) is 0. The summed E-state index contributed by atoms with van der Waals surface area (Å²) in [5, 5.41) is 15.0. The van der Waals surface area contributed by atoms with Crippen LogP contribution in [0.3, 0.4) is 0 Å². The minimum Gasteiger partial charge on any atom is -1.00 e. The van der Waals surface area contributed by atoms with E-state index >= 15 is 0 Å². The Morgan fingerprint density at radius 3 is 1.71 bits per heavy atom. The average molecular weight is 160 g/mol. The van der Waals surface area contributed by atoms with Crippen molar-refractivity contribution in [3.05, 3.63) is 0 Å². The molecule has 0 heterocycles. The minimum atomic E-state index is -1.19. The van der Waals surface area contributed by atoms with Gasteiger partial charge in [0.05, 0.1) is 0 Å². The van der Waals surface area contributed by atoms with Crippen LogP contribution in [0.4, 0.5) is 0 Å². The molecular weight excluding hydrogens is 152 g/mol. The third-order valence-electron chi connectivity index (χ3n) is 0.135. The van der Waals surface area contributed by atoms with Crippen LogP contribution < -0.4 is 0 Å². The van der Waals surface area contributed by atoms with Crippen molar-refractivity contribution < 1.29 is 20.7 Å². The molecule has 0 radical (unpaired) electrons. The molecular formula is C2H8Ca2O3. The van der Waals surface area contributed by atoms with Gasteiger partial charge in [-0.3, -0.25) is 0 Å². The third kappa shape index (κ3) is 18.0. The van der Waals surface area contributed by atoms with Crippen molar-refractivity contribution in [2.24, 2.45) is 0 Å². The van der Waals surface area contributed by atoms with Crippen molar-refractivity contribution >= 4 is 81.4 Å². The van der Waals surface area contributed by atoms with Gasteiger partial charge >= 0.3 is 81.4 Å². The average Bonchev–Trinajstić information content (AvgIpc) is 1.38. The van der Waals surface area contributed by atoms with Gasteiger partial charge in [-0.1, -0.05) is 0 Å². The first-order valence-corrected chi connectivity index (χ1v) is 1.10. The SMILES string of the molecule is O=C(O)CO.[Ca+2].[Ca+2].[H-].[H-].[H-].[H-]. The van der Waals surface area contributed by atoms with Crippen molar-refractivity contribution in [2.45, 2.75) is 0 Å². The van der Waals surface area contributed by atoms with Crippen LogP contribution in [0.2, 0.25) is 0 Å². The van der Waals surface area contributed by atoms with E-state index in [1.807, 2.05) is 0 Å². The monoisotopic (exact) mass is 160 g/mol. The van der Waals surface area contributed by atoms with E-state index in [1.54, 1.807) is 0 Å². The Kier molecular flexibility index (Phi) is 24.8. The first-order valence-electron chi connectivity index (χ1n) is 1.10. The van der Waals surface area contributed by atoms with Gasteiger partial charge in [-0.2, -0.15) is 0 Å². The smallest absolute Gasteiger partial charge is 1.00 e. The van der Waals surface area contributed by atoms with Crippen molar-refractivity contribution in [1.29, 1.82) is 0 Å². The fourth-order valence-corrected chi connectivity index (χ4v) is 0. The molecule has 2 N–H and O–H groups in total. The van der Waals surface area contributed by atoms with E-state index in [0.717, 1.165) is 0 Å². The summed E-state index contributed by atoms with van der Waals surface area (Å²) in [5.74, 6) is -1.19. The Morgan fingerprint density at radius 2 is 1.71 bits per heavy atom. The van der Waals surface area contributed by atoms with Crippen molar-refractivity contribution in [2.75, 3.05) is 6.61 Å². The topological polar surface area (TPSA) is 57.5 Å². The van der Waals surface area contributed by atoms with Crippen LogP contribution in [0.25, 0.3) is 0 Å². The Hall–Kier alpha value is 1.95. The Morgan fingerprint density at radius 1 is 1.57 bits per heavy atom. The molecule has 0 aliphatic carbocycles. The molecule has 0 bridgehead atoms. The van der Waals surface area contributed by atoms with E-state index in [4.69, 9.17) is 15.0 Å². The number of carboxylic acids is 1. The van der Waals surface area contributed by atoms with Gasteiger partial charge in [0.15, 0.2) is 0 Å². The van der Waals surface area contributed by atoms with E-state index in [2.05, 4.69) is 0 Å². The van der Waals surface area contributed by atoms with Crippen LogP contribution in [0.5, 0.6) is 0 Å². The number of rotatable bonds is 1. The zero-order valence-corrected chi connectivity index (χ0v) is 8.34. The molecule has 0 spiro atoms. The molecule has 0 saturated heterocycles. The summed E-state index contributed by atoms with van der Waals surface area (Å²) in [4.78, 5) is 9.12. The number of aliphatic carboxylic acids is 1. The van der Waals surface area contributed by atoms with E-state index in [-0.39, 0.29) is 81.2 Å². The molecule has 3 nitrogen and oxygen atoms in total. The van der Waals surface area contributed by atoms with Crippen LogP contribution in [-0.4, -0.2) is 98.3 Å². The molecule has 0 aromatic carbocycles. The molecule has 0 aliphatic heterocycles. The Bertz CT molecular complexity index is 56.6. The maximum atomic E-state index is 9.12. The van der Waals surface area contributed by atoms with Crippen LogP contribution in [-0.2, 0) is 4.79 Å². The second-order valence-corrected chi connectivity index (χ2v) is 0.552. The van der Waals surface area contributed by atoms with Crippen LogP contribution in [0.1, 0.15) is 5.71 Å². The zero-order valence-electron chi connectivity index (χ0n) is 7.92. The molecule has 5 heteroatoms. The summed E-state index contributed by atoms with van der Waals surface area (Å²) in [6.45, 7) is -0.778. The molecule has 0 saturated carbocycles. The third-order valence-corrected chi connectivity index (χ3v) is 0.135. The Labute approximate surface area is 107 Å². The molecule has 0 amide bonds. The second kappa shape index (κ2) is 10.8. The molecule has 7 heavy (non-hydrogen) atoms. The molecule has 0 aromatic rings. The van der Waals surface area contributed by atoms with Gasteiger partial charge in [0.25, 0.3) is 0 Å². The minimum absolute atomic E-state index is 0. The summed E-state index contributed by atoms with van der Waals surface area (Å²) in [5.41, 5.74) is 0. The molecule has 0 aliphatic rings. The van der Waals surface area contributed by atoms with Gasteiger partial charge in [-0.25, -0.2) is 4.79 Å². The quantitative estimate of drug-likeness (QED) is 0.471.